The van der Waals surface area contributed by atoms with E-state index in [9.17, 15) is 9.59 Å². The van der Waals surface area contributed by atoms with Gasteiger partial charge in [-0.1, -0.05) is 42.5 Å². The van der Waals surface area contributed by atoms with Crippen molar-refractivity contribution in [1.82, 2.24) is 15.2 Å². The maximum absolute atomic E-state index is 12.9. The first-order valence-corrected chi connectivity index (χ1v) is 9.63. The number of aromatic nitrogens is 1. The number of hydrogen-bond acceptors (Lipinski definition) is 5. The van der Waals surface area contributed by atoms with Crippen LogP contribution in [-0.2, 0) is 17.6 Å². The average molecular weight is 377 g/mol. The van der Waals surface area contributed by atoms with Gasteiger partial charge in [0.1, 0.15) is 11.2 Å². The molecule has 1 aromatic heterocycles. The molecule has 1 atom stereocenters. The number of nitrogens with zero attached hydrogens (tertiary/aromatic N) is 2. The molecule has 0 bridgehead atoms. The number of rotatable bonds is 5. The molecule has 2 heterocycles. The van der Waals surface area contributed by atoms with Crippen LogP contribution in [0.2, 0.25) is 0 Å². The molecule has 4 rings (SSSR count). The molecule has 1 amide bonds. The van der Waals surface area contributed by atoms with E-state index in [1.54, 1.807) is 18.2 Å². The maximum atomic E-state index is 12.9. The lowest BCUT2D eigenvalue weighted by Crippen LogP contribution is -2.54. The van der Waals surface area contributed by atoms with Crippen LogP contribution in [0.3, 0.4) is 0 Å². The lowest BCUT2D eigenvalue weighted by Gasteiger charge is -2.36. The molecule has 0 radical (unpaired) electrons. The Kier molecular flexibility index (Phi) is 5.48. The zero-order valence-electron chi connectivity index (χ0n) is 15.6. The van der Waals surface area contributed by atoms with Crippen LogP contribution in [0.25, 0.3) is 11.1 Å². The number of fused-ring (bicyclic) bond motifs is 1. The molecule has 0 unspecified atom stereocenters. The molecule has 6 heteroatoms. The zero-order chi connectivity index (χ0) is 19.3. The molecule has 3 aromatic rings. The SMILES string of the molecule is O=C(CCc1nc2ccccc2oc1=O)N1CCNC[C@H]1Cc1ccccc1. The summed E-state index contributed by atoms with van der Waals surface area (Å²) in [5, 5.41) is 3.37. The maximum Gasteiger partial charge on any atom is 0.358 e. The Morgan fingerprint density at radius 3 is 2.79 bits per heavy atom. The van der Waals surface area contributed by atoms with Gasteiger partial charge in [0.25, 0.3) is 0 Å². The van der Waals surface area contributed by atoms with Gasteiger partial charge in [-0.2, -0.15) is 0 Å². The van der Waals surface area contributed by atoms with E-state index in [1.165, 1.54) is 5.56 Å². The van der Waals surface area contributed by atoms with Crippen molar-refractivity contribution < 1.29 is 9.21 Å². The summed E-state index contributed by atoms with van der Waals surface area (Å²) in [7, 11) is 0. The van der Waals surface area contributed by atoms with Crippen molar-refractivity contribution in [2.75, 3.05) is 19.6 Å². The predicted octanol–water partition coefficient (Wildman–Crippen LogP) is 2.16. The van der Waals surface area contributed by atoms with Gasteiger partial charge in [0.2, 0.25) is 5.91 Å². The largest absolute Gasteiger partial charge is 0.420 e. The molecule has 0 spiro atoms. The van der Waals surface area contributed by atoms with Gasteiger partial charge in [0, 0.05) is 38.5 Å². The Balaban J connectivity index is 1.44. The van der Waals surface area contributed by atoms with E-state index >= 15 is 0 Å². The van der Waals surface area contributed by atoms with Gasteiger partial charge in [0.15, 0.2) is 5.58 Å². The van der Waals surface area contributed by atoms with Gasteiger partial charge in [-0.25, -0.2) is 9.78 Å². The minimum Gasteiger partial charge on any atom is -0.420 e. The van der Waals surface area contributed by atoms with Crippen LogP contribution in [0.5, 0.6) is 0 Å². The molecule has 28 heavy (non-hydrogen) atoms. The monoisotopic (exact) mass is 377 g/mol. The Labute approximate surface area is 163 Å². The minimum atomic E-state index is -0.465. The molecule has 0 aliphatic carbocycles. The van der Waals surface area contributed by atoms with Crippen LogP contribution in [0.4, 0.5) is 0 Å². The highest BCUT2D eigenvalue weighted by Crippen LogP contribution is 2.14. The van der Waals surface area contributed by atoms with E-state index in [1.807, 2.05) is 29.2 Å². The fourth-order valence-corrected chi connectivity index (χ4v) is 3.67. The third-order valence-corrected chi connectivity index (χ3v) is 5.12. The van der Waals surface area contributed by atoms with Crippen molar-refractivity contribution in [1.29, 1.82) is 0 Å². The third kappa shape index (κ3) is 4.12. The van der Waals surface area contributed by atoms with Crippen molar-refractivity contribution in [2.45, 2.75) is 25.3 Å². The number of nitrogens with one attached hydrogen (secondary N) is 1. The quantitative estimate of drug-likeness (QED) is 0.738. The molecule has 1 aliphatic rings. The smallest absolute Gasteiger partial charge is 0.358 e. The number of carbonyl (C=O) groups excluding carboxylic acids is 1. The third-order valence-electron chi connectivity index (χ3n) is 5.12. The van der Waals surface area contributed by atoms with Crippen molar-refractivity contribution >= 4 is 17.0 Å². The molecular weight excluding hydrogens is 354 g/mol. The van der Waals surface area contributed by atoms with E-state index in [0.717, 1.165) is 19.5 Å². The molecular formula is C22H23N3O3. The van der Waals surface area contributed by atoms with E-state index in [4.69, 9.17) is 4.42 Å². The van der Waals surface area contributed by atoms with E-state index < -0.39 is 5.63 Å². The van der Waals surface area contributed by atoms with Crippen molar-refractivity contribution in [3.8, 4) is 0 Å². The van der Waals surface area contributed by atoms with Gasteiger partial charge in [0.05, 0.1) is 0 Å². The van der Waals surface area contributed by atoms with E-state index in [-0.39, 0.29) is 24.8 Å². The number of benzene rings is 2. The Morgan fingerprint density at radius 2 is 1.93 bits per heavy atom. The fourth-order valence-electron chi connectivity index (χ4n) is 3.67. The second kappa shape index (κ2) is 8.35. The highest BCUT2D eigenvalue weighted by atomic mass is 16.4. The summed E-state index contributed by atoms with van der Waals surface area (Å²) in [5.41, 5.74) is 2.15. The molecule has 1 saturated heterocycles. The molecule has 6 nitrogen and oxygen atoms in total. The van der Waals surface area contributed by atoms with E-state index in [0.29, 0.717) is 23.3 Å². The highest BCUT2D eigenvalue weighted by Gasteiger charge is 2.26. The van der Waals surface area contributed by atoms with Gasteiger partial charge in [-0.15, -0.1) is 0 Å². The summed E-state index contributed by atoms with van der Waals surface area (Å²) >= 11 is 0. The summed E-state index contributed by atoms with van der Waals surface area (Å²) < 4.78 is 5.32. The molecule has 1 N–H and O–H groups in total. The number of aryl methyl sites for hydroxylation is 1. The lowest BCUT2D eigenvalue weighted by atomic mass is 10.0. The molecule has 2 aromatic carbocycles. The Hall–Kier alpha value is -2.99. The van der Waals surface area contributed by atoms with E-state index in [2.05, 4.69) is 22.4 Å². The summed E-state index contributed by atoms with van der Waals surface area (Å²) in [6.07, 6.45) is 1.35. The van der Waals surface area contributed by atoms with Crippen molar-refractivity contribution in [2.24, 2.45) is 0 Å². The van der Waals surface area contributed by atoms with Crippen LogP contribution >= 0.6 is 0 Å². The van der Waals surface area contributed by atoms with Crippen LogP contribution in [0, 0.1) is 0 Å². The topological polar surface area (TPSA) is 75.4 Å². The summed E-state index contributed by atoms with van der Waals surface area (Å²) in [4.78, 5) is 31.4. The zero-order valence-corrected chi connectivity index (χ0v) is 15.6. The van der Waals surface area contributed by atoms with Crippen LogP contribution in [0.1, 0.15) is 17.7 Å². The molecule has 1 fully saturated rings. The standard InChI is InChI=1S/C22H23N3O3/c26-21(11-10-19-22(27)28-20-9-5-4-8-18(20)24-19)25-13-12-23-15-17(25)14-16-6-2-1-3-7-16/h1-9,17,23H,10-15H2/t17-/m1/s1. The fraction of sp³-hybridized carbons (Fsp3) is 0.318. The number of piperazine rings is 1. The lowest BCUT2D eigenvalue weighted by molar-refractivity contribution is -0.134. The predicted molar refractivity (Wildman–Crippen MR) is 107 cm³/mol. The normalized spacial score (nSPS) is 17.0. The number of carbonyl (C=O) groups is 1. The van der Waals surface area contributed by atoms with Gasteiger partial charge >= 0.3 is 5.63 Å². The number of para-hydroxylation sites is 2. The van der Waals surface area contributed by atoms with Gasteiger partial charge in [-0.05, 0) is 24.1 Å². The molecule has 1 aliphatic heterocycles. The summed E-state index contributed by atoms with van der Waals surface area (Å²) in [6.45, 7) is 2.24. The Morgan fingerprint density at radius 1 is 1.14 bits per heavy atom. The summed E-state index contributed by atoms with van der Waals surface area (Å²) in [5.74, 6) is 0.0526. The molecule has 144 valence electrons. The number of amides is 1. The van der Waals surface area contributed by atoms with Crippen LogP contribution < -0.4 is 10.9 Å². The Bertz CT molecular complexity index is 1020. The first-order valence-electron chi connectivity index (χ1n) is 9.63. The molecule has 0 saturated carbocycles. The van der Waals surface area contributed by atoms with Crippen LogP contribution in [-0.4, -0.2) is 41.5 Å². The first-order chi connectivity index (χ1) is 13.7. The first kappa shape index (κ1) is 18.4. The van der Waals surface area contributed by atoms with Gasteiger partial charge in [-0.3, -0.25) is 4.79 Å². The average Bonchev–Trinajstić information content (AvgIpc) is 2.73. The number of hydrogen-bond donors (Lipinski definition) is 1. The van der Waals surface area contributed by atoms with Gasteiger partial charge < -0.3 is 14.6 Å². The minimum absolute atomic E-state index is 0.0526. The van der Waals surface area contributed by atoms with Crippen molar-refractivity contribution in [3.63, 3.8) is 0 Å². The summed E-state index contributed by atoms with van der Waals surface area (Å²) in [6, 6.07) is 17.5. The van der Waals surface area contributed by atoms with Crippen LogP contribution in [0.15, 0.2) is 63.8 Å². The second-order valence-electron chi connectivity index (χ2n) is 7.05. The second-order valence-corrected chi connectivity index (χ2v) is 7.05. The van der Waals surface area contributed by atoms with Crippen molar-refractivity contribution in [3.05, 3.63) is 76.3 Å². The highest BCUT2D eigenvalue weighted by molar-refractivity contribution is 5.77.